The predicted molar refractivity (Wildman–Crippen MR) is 90.9 cm³/mol. The number of thiazole rings is 1. The molecule has 3 rings (SSSR count). The summed E-state index contributed by atoms with van der Waals surface area (Å²) in [6, 6.07) is 7.88. The number of piperidine rings is 1. The second kappa shape index (κ2) is 7.86. The fourth-order valence-electron chi connectivity index (χ4n) is 2.79. The Morgan fingerprint density at radius 1 is 1.30 bits per heavy atom. The van der Waals surface area contributed by atoms with Gasteiger partial charge >= 0.3 is 0 Å². The molecule has 1 aliphatic heterocycles. The Bertz CT molecular complexity index is 617. The van der Waals surface area contributed by atoms with Crippen LogP contribution in [0.25, 0.3) is 10.2 Å². The normalized spacial score (nSPS) is 16.1. The van der Waals surface area contributed by atoms with Gasteiger partial charge in [-0.25, -0.2) is 4.98 Å². The SMILES string of the molecule is COCCOCC1CCN(C(=O)c2nc3ccccc3s2)CC1. The van der Waals surface area contributed by atoms with E-state index in [1.807, 2.05) is 29.2 Å². The van der Waals surface area contributed by atoms with Crippen LogP contribution in [0.4, 0.5) is 0 Å². The van der Waals surface area contributed by atoms with Crippen LogP contribution in [0.1, 0.15) is 22.6 Å². The molecule has 0 saturated carbocycles. The molecule has 1 aromatic carbocycles. The van der Waals surface area contributed by atoms with Crippen LogP contribution < -0.4 is 0 Å². The number of likely N-dealkylation sites (tertiary alicyclic amines) is 1. The number of carbonyl (C=O) groups is 1. The van der Waals surface area contributed by atoms with Crippen LogP contribution >= 0.6 is 11.3 Å². The van der Waals surface area contributed by atoms with Crippen molar-refractivity contribution in [1.82, 2.24) is 9.88 Å². The van der Waals surface area contributed by atoms with Crippen LogP contribution in [0.5, 0.6) is 0 Å². The Balaban J connectivity index is 1.52. The third-order valence-electron chi connectivity index (χ3n) is 4.16. The summed E-state index contributed by atoms with van der Waals surface area (Å²) in [6.45, 7) is 3.60. The molecule has 5 nitrogen and oxygen atoms in total. The molecule has 1 fully saturated rings. The van der Waals surface area contributed by atoms with Crippen LogP contribution in [0, 0.1) is 5.92 Å². The average Bonchev–Trinajstić information content (AvgIpc) is 3.03. The number of carbonyl (C=O) groups excluding carboxylic acids is 1. The minimum absolute atomic E-state index is 0.0601. The third kappa shape index (κ3) is 4.07. The highest BCUT2D eigenvalue weighted by Crippen LogP contribution is 2.25. The molecular formula is C17H22N2O3S. The standard InChI is InChI=1S/C17H22N2O3S/c1-21-10-11-22-12-13-6-8-19(9-7-13)17(20)16-18-14-4-2-3-5-15(14)23-16/h2-5,13H,6-12H2,1H3. The zero-order valence-electron chi connectivity index (χ0n) is 13.4. The number of fused-ring (bicyclic) bond motifs is 1. The van der Waals surface area contributed by atoms with E-state index in [0.717, 1.165) is 42.8 Å². The van der Waals surface area contributed by atoms with E-state index in [2.05, 4.69) is 4.98 Å². The zero-order valence-corrected chi connectivity index (χ0v) is 14.2. The van der Waals surface area contributed by atoms with Gasteiger partial charge in [0.1, 0.15) is 0 Å². The highest BCUT2D eigenvalue weighted by Gasteiger charge is 2.25. The van der Waals surface area contributed by atoms with E-state index < -0.39 is 0 Å². The molecule has 1 amide bonds. The monoisotopic (exact) mass is 334 g/mol. The first-order valence-electron chi connectivity index (χ1n) is 7.99. The number of methoxy groups -OCH3 is 1. The molecule has 2 heterocycles. The van der Waals surface area contributed by atoms with Crippen LogP contribution in [0.2, 0.25) is 0 Å². The Kier molecular flexibility index (Phi) is 5.59. The maximum Gasteiger partial charge on any atom is 0.282 e. The number of aromatic nitrogens is 1. The lowest BCUT2D eigenvalue weighted by Gasteiger charge is -2.31. The van der Waals surface area contributed by atoms with E-state index in [1.165, 1.54) is 11.3 Å². The van der Waals surface area contributed by atoms with Crippen LogP contribution in [0.3, 0.4) is 0 Å². The van der Waals surface area contributed by atoms with Gasteiger partial charge in [0.25, 0.3) is 5.91 Å². The quantitative estimate of drug-likeness (QED) is 0.762. The van der Waals surface area contributed by atoms with Gasteiger partial charge < -0.3 is 14.4 Å². The molecular weight excluding hydrogens is 312 g/mol. The fourth-order valence-corrected chi connectivity index (χ4v) is 3.73. The van der Waals surface area contributed by atoms with Crippen LogP contribution in [-0.4, -0.2) is 55.8 Å². The summed E-state index contributed by atoms with van der Waals surface area (Å²) in [5, 5.41) is 0.598. The number of benzene rings is 1. The molecule has 0 bridgehead atoms. The summed E-state index contributed by atoms with van der Waals surface area (Å²) in [5.74, 6) is 0.594. The van der Waals surface area contributed by atoms with Gasteiger partial charge in [0, 0.05) is 26.8 Å². The molecule has 0 unspecified atom stereocenters. The molecule has 0 spiro atoms. The van der Waals surface area contributed by atoms with Crippen molar-refractivity contribution in [2.45, 2.75) is 12.8 Å². The molecule has 0 radical (unpaired) electrons. The largest absolute Gasteiger partial charge is 0.382 e. The van der Waals surface area contributed by atoms with E-state index in [-0.39, 0.29) is 5.91 Å². The number of rotatable bonds is 6. The molecule has 2 aromatic rings. The van der Waals surface area contributed by atoms with Crippen molar-refractivity contribution in [3.8, 4) is 0 Å². The highest BCUT2D eigenvalue weighted by molar-refractivity contribution is 7.20. The second-order valence-electron chi connectivity index (χ2n) is 5.79. The van der Waals surface area contributed by atoms with Crippen molar-refractivity contribution in [2.75, 3.05) is 40.0 Å². The van der Waals surface area contributed by atoms with E-state index >= 15 is 0 Å². The Hall–Kier alpha value is -1.50. The summed E-state index contributed by atoms with van der Waals surface area (Å²) in [5.41, 5.74) is 0.905. The van der Waals surface area contributed by atoms with Crippen molar-refractivity contribution in [2.24, 2.45) is 5.92 Å². The predicted octanol–water partition coefficient (Wildman–Crippen LogP) is 2.81. The molecule has 0 N–H and O–H groups in total. The summed E-state index contributed by atoms with van der Waals surface area (Å²) in [7, 11) is 1.68. The lowest BCUT2D eigenvalue weighted by molar-refractivity contribution is 0.0327. The van der Waals surface area contributed by atoms with Crippen LogP contribution in [-0.2, 0) is 9.47 Å². The number of amides is 1. The maximum atomic E-state index is 12.6. The van der Waals surface area contributed by atoms with Crippen molar-refractivity contribution in [1.29, 1.82) is 0 Å². The fraction of sp³-hybridized carbons (Fsp3) is 0.529. The summed E-state index contributed by atoms with van der Waals surface area (Å²) >= 11 is 1.48. The van der Waals surface area contributed by atoms with Gasteiger partial charge in [-0.1, -0.05) is 12.1 Å². The topological polar surface area (TPSA) is 51.7 Å². The zero-order chi connectivity index (χ0) is 16.1. The lowest BCUT2D eigenvalue weighted by Crippen LogP contribution is -2.39. The van der Waals surface area contributed by atoms with Crippen LogP contribution in [0.15, 0.2) is 24.3 Å². The molecule has 23 heavy (non-hydrogen) atoms. The number of hydrogen-bond donors (Lipinski definition) is 0. The summed E-state index contributed by atoms with van der Waals surface area (Å²) < 4.78 is 11.6. The van der Waals surface area contributed by atoms with Gasteiger partial charge in [0.15, 0.2) is 5.01 Å². The van der Waals surface area contributed by atoms with E-state index in [1.54, 1.807) is 7.11 Å². The smallest absolute Gasteiger partial charge is 0.282 e. The maximum absolute atomic E-state index is 12.6. The Morgan fingerprint density at radius 2 is 2.09 bits per heavy atom. The molecule has 0 aliphatic carbocycles. The molecule has 1 aromatic heterocycles. The molecule has 124 valence electrons. The average molecular weight is 334 g/mol. The van der Waals surface area contributed by atoms with Crippen molar-refractivity contribution in [3.63, 3.8) is 0 Å². The first-order valence-corrected chi connectivity index (χ1v) is 8.81. The third-order valence-corrected chi connectivity index (χ3v) is 5.19. The number of para-hydroxylation sites is 1. The first-order chi connectivity index (χ1) is 11.3. The van der Waals surface area contributed by atoms with Gasteiger partial charge in [-0.15, -0.1) is 11.3 Å². The lowest BCUT2D eigenvalue weighted by atomic mass is 9.98. The van der Waals surface area contributed by atoms with Gasteiger partial charge in [-0.05, 0) is 30.9 Å². The van der Waals surface area contributed by atoms with Crippen molar-refractivity contribution >= 4 is 27.5 Å². The number of hydrogen-bond acceptors (Lipinski definition) is 5. The molecule has 0 atom stereocenters. The Labute approximate surface area is 140 Å². The molecule has 1 saturated heterocycles. The first kappa shape index (κ1) is 16.4. The Morgan fingerprint density at radius 3 is 2.83 bits per heavy atom. The van der Waals surface area contributed by atoms with E-state index in [4.69, 9.17) is 9.47 Å². The van der Waals surface area contributed by atoms with Crippen molar-refractivity contribution in [3.05, 3.63) is 29.3 Å². The molecule has 6 heteroatoms. The summed E-state index contributed by atoms with van der Waals surface area (Å²) in [4.78, 5) is 19.0. The second-order valence-corrected chi connectivity index (χ2v) is 6.82. The van der Waals surface area contributed by atoms with Gasteiger partial charge in [0.2, 0.25) is 0 Å². The minimum atomic E-state index is 0.0601. The highest BCUT2D eigenvalue weighted by atomic mass is 32.1. The van der Waals surface area contributed by atoms with Gasteiger partial charge in [-0.2, -0.15) is 0 Å². The van der Waals surface area contributed by atoms with Gasteiger partial charge in [0.05, 0.1) is 23.4 Å². The molecule has 1 aliphatic rings. The number of nitrogens with zero attached hydrogens (tertiary/aromatic N) is 2. The van der Waals surface area contributed by atoms with Gasteiger partial charge in [-0.3, -0.25) is 4.79 Å². The van der Waals surface area contributed by atoms with Crippen molar-refractivity contribution < 1.29 is 14.3 Å². The van der Waals surface area contributed by atoms with E-state index in [9.17, 15) is 4.79 Å². The number of ether oxygens (including phenoxy) is 2. The minimum Gasteiger partial charge on any atom is -0.382 e. The van der Waals surface area contributed by atoms with E-state index in [0.29, 0.717) is 24.1 Å². The summed E-state index contributed by atoms with van der Waals surface area (Å²) in [6.07, 6.45) is 1.98.